The van der Waals surface area contributed by atoms with Crippen LogP contribution < -0.4 is 10.2 Å². The third kappa shape index (κ3) is 7.05. The van der Waals surface area contributed by atoms with Crippen molar-refractivity contribution in [2.75, 3.05) is 31.6 Å². The lowest BCUT2D eigenvalue weighted by Crippen LogP contribution is -2.57. The maximum atomic E-state index is 13.9. The number of likely N-dealkylation sites (tertiary alicyclic amines) is 2. The van der Waals surface area contributed by atoms with Gasteiger partial charge in [0.15, 0.2) is 0 Å². The molecule has 0 radical (unpaired) electrons. The molecule has 43 heavy (non-hydrogen) atoms. The van der Waals surface area contributed by atoms with E-state index in [9.17, 15) is 19.2 Å². The molecule has 3 aliphatic heterocycles. The molecule has 5 amide bonds. The second-order valence-electron chi connectivity index (χ2n) is 13.1. The number of anilines is 1. The molecule has 10 heteroatoms. The number of nitrogens with one attached hydrogen (secondary N) is 1. The molecule has 1 aromatic rings. The molecular formula is C33H45N5O5. The van der Waals surface area contributed by atoms with E-state index in [1.54, 1.807) is 21.7 Å². The Hall–Kier alpha value is -3.82. The van der Waals surface area contributed by atoms with Gasteiger partial charge in [-0.3, -0.25) is 14.5 Å². The van der Waals surface area contributed by atoms with Crippen LogP contribution in [-0.4, -0.2) is 89.0 Å². The second kappa shape index (κ2) is 12.8. The summed E-state index contributed by atoms with van der Waals surface area (Å²) in [7, 11) is 1.80. The Kier molecular flexibility index (Phi) is 9.13. The summed E-state index contributed by atoms with van der Waals surface area (Å²) < 4.78 is 5.58. The van der Waals surface area contributed by atoms with Crippen molar-refractivity contribution >= 4 is 29.6 Å². The van der Waals surface area contributed by atoms with Crippen molar-refractivity contribution < 1.29 is 23.9 Å². The SMILES string of the molecule is CN1C(=O)N(C2CCN(C(=O)N[C@@H]3CCC[C@H](C4C=CC=CC4)N(CC(=O)OC(C)(C)C)C3=O)CC2)Cc2ccccc21. The van der Waals surface area contributed by atoms with Crippen molar-refractivity contribution in [3.05, 3.63) is 54.1 Å². The van der Waals surface area contributed by atoms with Gasteiger partial charge in [-0.1, -0.05) is 42.5 Å². The molecule has 10 nitrogen and oxygen atoms in total. The van der Waals surface area contributed by atoms with E-state index in [-0.39, 0.29) is 42.5 Å². The van der Waals surface area contributed by atoms with E-state index in [2.05, 4.69) is 23.5 Å². The molecule has 4 aliphatic rings. The van der Waals surface area contributed by atoms with Gasteiger partial charge in [0.2, 0.25) is 5.91 Å². The first kappa shape index (κ1) is 30.6. The molecule has 2 fully saturated rings. The number of piperidine rings is 1. The molecule has 0 aromatic heterocycles. The monoisotopic (exact) mass is 591 g/mol. The smallest absolute Gasteiger partial charge is 0.326 e. The Morgan fingerprint density at radius 2 is 1.77 bits per heavy atom. The summed E-state index contributed by atoms with van der Waals surface area (Å²) in [6.07, 6.45) is 12.3. The third-order valence-corrected chi connectivity index (χ3v) is 8.92. The van der Waals surface area contributed by atoms with Crippen molar-refractivity contribution in [2.45, 2.75) is 89.6 Å². The number of benzene rings is 1. The van der Waals surface area contributed by atoms with Crippen molar-refractivity contribution in [2.24, 2.45) is 5.92 Å². The maximum Gasteiger partial charge on any atom is 0.326 e. The predicted octanol–water partition coefficient (Wildman–Crippen LogP) is 4.46. The number of amides is 5. The third-order valence-electron chi connectivity index (χ3n) is 8.92. The van der Waals surface area contributed by atoms with Crippen LogP contribution in [0.15, 0.2) is 48.6 Å². The molecule has 3 atom stereocenters. The summed E-state index contributed by atoms with van der Waals surface area (Å²) in [6, 6.07) is 6.82. The van der Waals surface area contributed by atoms with Crippen LogP contribution in [0.5, 0.6) is 0 Å². The highest BCUT2D eigenvalue weighted by atomic mass is 16.6. The van der Waals surface area contributed by atoms with Crippen LogP contribution in [0.4, 0.5) is 15.3 Å². The first-order valence-electron chi connectivity index (χ1n) is 15.5. The minimum atomic E-state index is -0.713. The van der Waals surface area contributed by atoms with Crippen molar-refractivity contribution in [1.82, 2.24) is 20.0 Å². The van der Waals surface area contributed by atoms with Crippen LogP contribution >= 0.6 is 0 Å². The minimum absolute atomic E-state index is 0.0198. The zero-order chi connectivity index (χ0) is 30.7. The van der Waals surface area contributed by atoms with Gasteiger partial charge in [-0.2, -0.15) is 0 Å². The highest BCUT2D eigenvalue weighted by Crippen LogP contribution is 2.32. The standard InChI is InChI=1S/C33H45N5O5/c1-33(2,3)43-29(39)22-38-28(23-11-6-5-7-12-23)16-10-14-26(30(38)40)34-31(41)36-19-17-25(18-20-36)37-21-24-13-8-9-15-27(24)35(4)32(37)42/h5-9,11,13,15,23,25-26,28H,10,12,14,16-22H2,1-4H3,(H,34,41)/t23?,26-,28-/m1/s1. The zero-order valence-electron chi connectivity index (χ0n) is 25.8. The summed E-state index contributed by atoms with van der Waals surface area (Å²) >= 11 is 0. The van der Waals surface area contributed by atoms with Gasteiger partial charge in [0.05, 0.1) is 5.69 Å². The summed E-state index contributed by atoms with van der Waals surface area (Å²) in [4.78, 5) is 60.4. The number of allylic oxidation sites excluding steroid dienone is 3. The Morgan fingerprint density at radius 1 is 1.02 bits per heavy atom. The minimum Gasteiger partial charge on any atom is -0.459 e. The number of urea groups is 2. The number of rotatable bonds is 5. The average Bonchev–Trinajstić information content (AvgIpc) is 3.13. The number of hydrogen-bond donors (Lipinski definition) is 1. The number of nitrogens with zero attached hydrogens (tertiary/aromatic N) is 4. The van der Waals surface area contributed by atoms with Gasteiger partial charge in [0.1, 0.15) is 18.2 Å². The molecule has 3 heterocycles. The highest BCUT2D eigenvalue weighted by Gasteiger charge is 2.40. The molecular weight excluding hydrogens is 546 g/mol. The second-order valence-corrected chi connectivity index (χ2v) is 13.1. The van der Waals surface area contributed by atoms with Crippen LogP contribution in [0.25, 0.3) is 0 Å². The van der Waals surface area contributed by atoms with E-state index in [4.69, 9.17) is 4.74 Å². The maximum absolute atomic E-state index is 13.9. The van der Waals surface area contributed by atoms with E-state index < -0.39 is 17.6 Å². The number of carbonyl (C=O) groups is 4. The Labute approximate surface area is 254 Å². The van der Waals surface area contributed by atoms with E-state index in [1.165, 1.54) is 0 Å². The van der Waals surface area contributed by atoms with Gasteiger partial charge >= 0.3 is 18.0 Å². The fourth-order valence-corrected chi connectivity index (χ4v) is 6.77. The van der Waals surface area contributed by atoms with Crippen LogP contribution in [0.3, 0.4) is 0 Å². The van der Waals surface area contributed by atoms with Crippen LogP contribution in [-0.2, 0) is 20.9 Å². The lowest BCUT2D eigenvalue weighted by atomic mass is 9.89. The molecule has 1 unspecified atom stereocenters. The highest BCUT2D eigenvalue weighted by molar-refractivity contribution is 5.94. The van der Waals surface area contributed by atoms with Gasteiger partial charge in [0, 0.05) is 44.7 Å². The predicted molar refractivity (Wildman–Crippen MR) is 164 cm³/mol. The van der Waals surface area contributed by atoms with Crippen LogP contribution in [0.2, 0.25) is 0 Å². The Balaban J connectivity index is 1.22. The molecule has 0 bridgehead atoms. The number of esters is 1. The topological polar surface area (TPSA) is 103 Å². The first-order chi connectivity index (χ1) is 20.5. The van der Waals surface area contributed by atoms with Crippen molar-refractivity contribution in [3.8, 4) is 0 Å². The molecule has 5 rings (SSSR count). The van der Waals surface area contributed by atoms with E-state index >= 15 is 0 Å². The molecule has 1 aromatic carbocycles. The fraction of sp³-hybridized carbons (Fsp3) is 0.576. The van der Waals surface area contributed by atoms with E-state index in [0.717, 1.165) is 30.5 Å². The van der Waals surface area contributed by atoms with Crippen LogP contribution in [0, 0.1) is 5.92 Å². The van der Waals surface area contributed by atoms with Crippen LogP contribution in [0.1, 0.15) is 64.9 Å². The van der Waals surface area contributed by atoms with Gasteiger partial charge in [0.25, 0.3) is 0 Å². The number of fused-ring (bicyclic) bond motifs is 1. The normalized spacial score (nSPS) is 25.0. The molecule has 1 aliphatic carbocycles. The summed E-state index contributed by atoms with van der Waals surface area (Å²) in [5.41, 5.74) is 1.39. The molecule has 0 saturated carbocycles. The number of hydrogen-bond acceptors (Lipinski definition) is 5. The van der Waals surface area contributed by atoms with Crippen molar-refractivity contribution in [3.63, 3.8) is 0 Å². The Morgan fingerprint density at radius 3 is 2.47 bits per heavy atom. The molecule has 0 spiro atoms. The molecule has 232 valence electrons. The lowest BCUT2D eigenvalue weighted by molar-refractivity contribution is -0.160. The summed E-state index contributed by atoms with van der Waals surface area (Å²) in [5.74, 6) is -0.579. The number of carbonyl (C=O) groups excluding carboxylic acids is 4. The number of ether oxygens (including phenoxy) is 1. The summed E-state index contributed by atoms with van der Waals surface area (Å²) in [5, 5.41) is 3.00. The van der Waals surface area contributed by atoms with Gasteiger partial charge < -0.3 is 24.8 Å². The summed E-state index contributed by atoms with van der Waals surface area (Å²) in [6.45, 7) is 6.84. The van der Waals surface area contributed by atoms with Gasteiger partial charge in [-0.15, -0.1) is 0 Å². The van der Waals surface area contributed by atoms with Crippen molar-refractivity contribution in [1.29, 1.82) is 0 Å². The number of para-hydroxylation sites is 1. The largest absolute Gasteiger partial charge is 0.459 e. The Bertz CT molecular complexity index is 1280. The quantitative estimate of drug-likeness (QED) is 0.510. The molecule has 1 N–H and O–H groups in total. The average molecular weight is 592 g/mol. The fourth-order valence-electron chi connectivity index (χ4n) is 6.77. The van der Waals surface area contributed by atoms with E-state index in [1.807, 2.05) is 56.0 Å². The lowest BCUT2D eigenvalue weighted by Gasteiger charge is -2.43. The van der Waals surface area contributed by atoms with E-state index in [0.29, 0.717) is 38.9 Å². The van der Waals surface area contributed by atoms with Gasteiger partial charge in [-0.25, -0.2) is 9.59 Å². The zero-order valence-corrected chi connectivity index (χ0v) is 25.8. The first-order valence-corrected chi connectivity index (χ1v) is 15.5. The molecule has 2 saturated heterocycles. The van der Waals surface area contributed by atoms with Gasteiger partial charge in [-0.05, 0) is 70.9 Å².